The van der Waals surface area contributed by atoms with Gasteiger partial charge in [-0.1, -0.05) is 34.6 Å². The van der Waals surface area contributed by atoms with Crippen LogP contribution in [0.5, 0.6) is 0 Å². The average Bonchev–Trinajstić information content (AvgIpc) is 2.68. The number of aliphatic carboxylic acids is 1. The number of rotatable bonds is 5. The van der Waals surface area contributed by atoms with E-state index in [0.29, 0.717) is 17.1 Å². The number of thiazole rings is 1. The molecule has 5 nitrogen and oxygen atoms in total. The van der Waals surface area contributed by atoms with Gasteiger partial charge in [0.2, 0.25) is 0 Å². The van der Waals surface area contributed by atoms with Crippen molar-refractivity contribution >= 4 is 23.2 Å². The van der Waals surface area contributed by atoms with E-state index in [1.54, 1.807) is 6.92 Å². The topological polar surface area (TPSA) is 70.5 Å². The van der Waals surface area contributed by atoms with Crippen LogP contribution in [0.4, 0.5) is 0 Å². The van der Waals surface area contributed by atoms with Crippen LogP contribution in [0.3, 0.4) is 0 Å². The minimum absolute atomic E-state index is 0.121. The smallest absolute Gasteiger partial charge is 0.323 e. The Hall–Kier alpha value is -1.43. The van der Waals surface area contributed by atoms with Gasteiger partial charge in [-0.3, -0.25) is 9.59 Å². The van der Waals surface area contributed by atoms with Crippen molar-refractivity contribution < 1.29 is 14.7 Å². The molecule has 0 bridgehead atoms. The van der Waals surface area contributed by atoms with Crippen LogP contribution in [0.25, 0.3) is 0 Å². The second-order valence-corrected chi connectivity index (χ2v) is 7.66. The van der Waals surface area contributed by atoms with Crippen LogP contribution in [-0.4, -0.2) is 40.0 Å². The summed E-state index contributed by atoms with van der Waals surface area (Å²) in [6.07, 6.45) is 0. The Kier molecular flexibility index (Phi) is 5.50. The van der Waals surface area contributed by atoms with Crippen LogP contribution in [0, 0.1) is 12.8 Å². The third-order valence-corrected chi connectivity index (χ3v) is 4.40. The van der Waals surface area contributed by atoms with Gasteiger partial charge >= 0.3 is 5.97 Å². The first-order chi connectivity index (χ1) is 9.52. The standard InChI is InChI=1S/C15H24N2O3S/c1-9(2)7-17(8-11(18)19)13(20)12-10(3)16-14(21-12)15(4,5)6/h9H,7-8H2,1-6H3,(H,18,19). The van der Waals surface area contributed by atoms with Gasteiger partial charge in [0.1, 0.15) is 11.4 Å². The summed E-state index contributed by atoms with van der Waals surface area (Å²) in [5.74, 6) is -1.03. The van der Waals surface area contributed by atoms with Gasteiger partial charge in [0.15, 0.2) is 0 Å². The molecular formula is C15H24N2O3S. The lowest BCUT2D eigenvalue weighted by atomic mass is 9.98. The highest BCUT2D eigenvalue weighted by atomic mass is 32.1. The molecule has 1 amide bonds. The van der Waals surface area contributed by atoms with Gasteiger partial charge in [-0.05, 0) is 12.8 Å². The average molecular weight is 312 g/mol. The molecule has 0 saturated heterocycles. The first-order valence-electron chi connectivity index (χ1n) is 7.01. The summed E-state index contributed by atoms with van der Waals surface area (Å²) in [6.45, 7) is 12.0. The van der Waals surface area contributed by atoms with Crippen LogP contribution >= 0.6 is 11.3 Å². The molecule has 1 rings (SSSR count). The number of carbonyl (C=O) groups is 2. The second kappa shape index (κ2) is 6.56. The summed E-state index contributed by atoms with van der Waals surface area (Å²) in [5.41, 5.74) is 0.554. The molecule has 1 N–H and O–H groups in total. The van der Waals surface area contributed by atoms with E-state index in [4.69, 9.17) is 5.11 Å². The van der Waals surface area contributed by atoms with Crippen molar-refractivity contribution in [3.8, 4) is 0 Å². The molecule has 1 aromatic heterocycles. The number of aryl methyl sites for hydroxylation is 1. The zero-order valence-corrected chi connectivity index (χ0v) is 14.4. The third kappa shape index (κ3) is 4.81. The number of nitrogens with zero attached hydrogens (tertiary/aromatic N) is 2. The van der Waals surface area contributed by atoms with E-state index < -0.39 is 5.97 Å². The van der Waals surface area contributed by atoms with Crippen molar-refractivity contribution in [1.29, 1.82) is 0 Å². The Balaban J connectivity index is 3.08. The van der Waals surface area contributed by atoms with E-state index >= 15 is 0 Å². The number of hydrogen-bond acceptors (Lipinski definition) is 4. The lowest BCUT2D eigenvalue weighted by Crippen LogP contribution is -2.38. The van der Waals surface area contributed by atoms with E-state index in [-0.39, 0.29) is 23.8 Å². The molecule has 0 unspecified atom stereocenters. The first-order valence-corrected chi connectivity index (χ1v) is 7.83. The summed E-state index contributed by atoms with van der Waals surface area (Å²) < 4.78 is 0. The van der Waals surface area contributed by atoms with E-state index in [1.807, 2.05) is 34.6 Å². The third-order valence-electron chi connectivity index (χ3n) is 2.83. The minimum Gasteiger partial charge on any atom is -0.480 e. The van der Waals surface area contributed by atoms with Gasteiger partial charge in [-0.25, -0.2) is 4.98 Å². The molecule has 0 saturated carbocycles. The van der Waals surface area contributed by atoms with Crippen LogP contribution in [0.2, 0.25) is 0 Å². The predicted molar refractivity (Wildman–Crippen MR) is 83.9 cm³/mol. The quantitative estimate of drug-likeness (QED) is 0.907. The summed E-state index contributed by atoms with van der Waals surface area (Å²) in [5, 5.41) is 9.88. The fourth-order valence-corrected chi connectivity index (χ4v) is 2.97. The molecule has 6 heteroatoms. The van der Waals surface area contributed by atoms with Crippen molar-refractivity contribution in [1.82, 2.24) is 9.88 Å². The Bertz CT molecular complexity index is 530. The Morgan fingerprint density at radius 3 is 2.29 bits per heavy atom. The lowest BCUT2D eigenvalue weighted by Gasteiger charge is -2.22. The summed E-state index contributed by atoms with van der Waals surface area (Å²) in [7, 11) is 0. The molecule has 0 aromatic carbocycles. The molecule has 0 atom stereocenters. The fourth-order valence-electron chi connectivity index (χ4n) is 1.88. The Morgan fingerprint density at radius 2 is 1.90 bits per heavy atom. The second-order valence-electron chi connectivity index (χ2n) is 6.66. The molecule has 1 heterocycles. The first kappa shape index (κ1) is 17.6. The molecule has 0 fully saturated rings. The number of hydrogen-bond donors (Lipinski definition) is 1. The van der Waals surface area contributed by atoms with Gasteiger partial charge in [-0.2, -0.15) is 0 Å². The largest absolute Gasteiger partial charge is 0.480 e. The number of carbonyl (C=O) groups excluding carboxylic acids is 1. The number of carboxylic acids is 1. The molecule has 1 aromatic rings. The van der Waals surface area contributed by atoms with Crippen molar-refractivity contribution in [2.45, 2.75) is 47.0 Å². The normalized spacial score (nSPS) is 11.8. The number of amides is 1. The maximum absolute atomic E-state index is 12.6. The highest BCUT2D eigenvalue weighted by molar-refractivity contribution is 7.14. The maximum atomic E-state index is 12.6. The van der Waals surface area contributed by atoms with Crippen LogP contribution < -0.4 is 0 Å². The van der Waals surface area contributed by atoms with Crippen LogP contribution in [-0.2, 0) is 10.2 Å². The predicted octanol–water partition coefficient (Wildman–Crippen LogP) is 2.93. The van der Waals surface area contributed by atoms with E-state index in [2.05, 4.69) is 4.98 Å². The molecular weight excluding hydrogens is 288 g/mol. The molecule has 118 valence electrons. The van der Waals surface area contributed by atoms with Gasteiger partial charge < -0.3 is 10.0 Å². The van der Waals surface area contributed by atoms with E-state index in [1.165, 1.54) is 16.2 Å². The van der Waals surface area contributed by atoms with Gasteiger partial charge in [-0.15, -0.1) is 11.3 Å². The minimum atomic E-state index is -0.998. The van der Waals surface area contributed by atoms with Gasteiger partial charge in [0.05, 0.1) is 10.7 Å². The monoisotopic (exact) mass is 312 g/mol. The van der Waals surface area contributed by atoms with Crippen molar-refractivity contribution in [2.24, 2.45) is 5.92 Å². The maximum Gasteiger partial charge on any atom is 0.323 e. The Labute approximate surface area is 130 Å². The highest BCUT2D eigenvalue weighted by Gasteiger charge is 2.27. The molecule has 0 aliphatic rings. The zero-order valence-electron chi connectivity index (χ0n) is 13.6. The van der Waals surface area contributed by atoms with Crippen LogP contribution in [0.1, 0.15) is 55.0 Å². The van der Waals surface area contributed by atoms with E-state index in [0.717, 1.165) is 5.01 Å². The fraction of sp³-hybridized carbons (Fsp3) is 0.667. The SMILES string of the molecule is Cc1nc(C(C)(C)C)sc1C(=O)N(CC(=O)O)CC(C)C. The van der Waals surface area contributed by atoms with Gasteiger partial charge in [0, 0.05) is 12.0 Å². The van der Waals surface area contributed by atoms with Crippen molar-refractivity contribution in [3.63, 3.8) is 0 Å². The summed E-state index contributed by atoms with van der Waals surface area (Å²) in [4.78, 5) is 30.0. The number of aromatic nitrogens is 1. The lowest BCUT2D eigenvalue weighted by molar-refractivity contribution is -0.137. The number of carboxylic acid groups (broad SMARTS) is 1. The van der Waals surface area contributed by atoms with E-state index in [9.17, 15) is 9.59 Å². The molecule has 0 spiro atoms. The van der Waals surface area contributed by atoms with Crippen LogP contribution in [0.15, 0.2) is 0 Å². The van der Waals surface area contributed by atoms with Crippen molar-refractivity contribution in [2.75, 3.05) is 13.1 Å². The molecule has 0 aliphatic carbocycles. The summed E-state index contributed by atoms with van der Waals surface area (Å²) in [6, 6.07) is 0. The zero-order chi connectivity index (χ0) is 16.4. The Morgan fingerprint density at radius 1 is 1.33 bits per heavy atom. The summed E-state index contributed by atoms with van der Waals surface area (Å²) >= 11 is 1.36. The van der Waals surface area contributed by atoms with Crippen molar-refractivity contribution in [3.05, 3.63) is 15.6 Å². The molecule has 0 radical (unpaired) electrons. The molecule has 0 aliphatic heterocycles. The highest BCUT2D eigenvalue weighted by Crippen LogP contribution is 2.30. The van der Waals surface area contributed by atoms with Gasteiger partial charge in [0.25, 0.3) is 5.91 Å². The molecule has 21 heavy (non-hydrogen) atoms.